The third kappa shape index (κ3) is 3.67. The van der Waals surface area contributed by atoms with Crippen molar-refractivity contribution >= 4 is 46.9 Å². The Morgan fingerprint density at radius 2 is 1.96 bits per heavy atom. The molecule has 0 aromatic heterocycles. The third-order valence-corrected chi connectivity index (χ3v) is 4.25. The van der Waals surface area contributed by atoms with Crippen LogP contribution in [0.5, 0.6) is 0 Å². The van der Waals surface area contributed by atoms with Crippen molar-refractivity contribution in [1.82, 2.24) is 0 Å². The number of hydrogen-bond acceptors (Lipinski definition) is 5. The normalized spacial score (nSPS) is 19.1. The Bertz CT molecular complexity index is 867. The summed E-state index contributed by atoms with van der Waals surface area (Å²) < 4.78 is 5.23. The highest BCUT2D eigenvalue weighted by Gasteiger charge is 2.30. The van der Waals surface area contributed by atoms with Gasteiger partial charge in [-0.05, 0) is 24.3 Å². The number of carbonyl (C=O) groups excluding carboxylic acids is 2. The Morgan fingerprint density at radius 1 is 1.20 bits per heavy atom. The highest BCUT2D eigenvalue weighted by atomic mass is 35.5. The Kier molecular flexibility index (Phi) is 5.06. The Balaban J connectivity index is 2.23. The van der Waals surface area contributed by atoms with Gasteiger partial charge in [0.05, 0.1) is 5.71 Å². The molecule has 1 aliphatic rings. The standard InChI is InChI=1S/C18H14Cl2N2O3/c1-10(24)25-18-16(9-23)21-15-7-6-11(19)8-13(15)17(22-18)12-4-2-3-5-14(12)20/h2-9,16,18,21H,1H3. The van der Waals surface area contributed by atoms with Gasteiger partial charge < -0.3 is 14.8 Å². The van der Waals surface area contributed by atoms with Crippen molar-refractivity contribution in [2.75, 3.05) is 5.32 Å². The molecular formula is C18H14Cl2N2O3. The fourth-order valence-electron chi connectivity index (χ4n) is 2.60. The van der Waals surface area contributed by atoms with Crippen molar-refractivity contribution in [3.8, 4) is 0 Å². The molecule has 1 N–H and O–H groups in total. The van der Waals surface area contributed by atoms with E-state index in [0.717, 1.165) is 0 Å². The van der Waals surface area contributed by atoms with Crippen LogP contribution in [-0.4, -0.2) is 30.2 Å². The van der Waals surface area contributed by atoms with Crippen molar-refractivity contribution in [3.63, 3.8) is 0 Å². The van der Waals surface area contributed by atoms with E-state index in [4.69, 9.17) is 27.9 Å². The summed E-state index contributed by atoms with van der Waals surface area (Å²) in [5.41, 5.74) is 2.46. The average molecular weight is 377 g/mol. The molecule has 1 heterocycles. The SMILES string of the molecule is CC(=O)OC1N=C(c2ccccc2Cl)c2cc(Cl)ccc2NC1C=O. The van der Waals surface area contributed by atoms with Gasteiger partial charge in [-0.2, -0.15) is 0 Å². The van der Waals surface area contributed by atoms with Crippen molar-refractivity contribution in [1.29, 1.82) is 0 Å². The minimum Gasteiger partial charge on any atom is -0.437 e. The van der Waals surface area contributed by atoms with E-state index >= 15 is 0 Å². The van der Waals surface area contributed by atoms with Crippen LogP contribution in [0.2, 0.25) is 10.0 Å². The molecule has 1 aliphatic heterocycles. The second-order valence-corrected chi connectivity index (χ2v) is 6.30. The first-order chi connectivity index (χ1) is 12.0. The van der Waals surface area contributed by atoms with Gasteiger partial charge in [0.25, 0.3) is 0 Å². The van der Waals surface area contributed by atoms with E-state index in [1.54, 1.807) is 36.4 Å². The number of ether oxygens (including phenoxy) is 1. The largest absolute Gasteiger partial charge is 0.437 e. The number of aldehydes is 1. The van der Waals surface area contributed by atoms with Crippen LogP contribution in [0, 0.1) is 0 Å². The minimum absolute atomic E-state index is 0.485. The zero-order chi connectivity index (χ0) is 18.0. The fourth-order valence-corrected chi connectivity index (χ4v) is 3.00. The number of rotatable bonds is 3. The molecule has 2 aromatic rings. The van der Waals surface area contributed by atoms with Gasteiger partial charge in [-0.15, -0.1) is 0 Å². The first kappa shape index (κ1) is 17.5. The van der Waals surface area contributed by atoms with Gasteiger partial charge in [-0.3, -0.25) is 4.79 Å². The smallest absolute Gasteiger partial charge is 0.304 e. The molecule has 5 nitrogen and oxygen atoms in total. The second kappa shape index (κ2) is 7.25. The molecule has 0 bridgehead atoms. The predicted octanol–water partition coefficient (Wildman–Crippen LogP) is 3.71. The molecule has 0 saturated carbocycles. The lowest BCUT2D eigenvalue weighted by Crippen LogP contribution is -2.36. The first-order valence-electron chi connectivity index (χ1n) is 7.51. The molecule has 128 valence electrons. The molecular weight excluding hydrogens is 363 g/mol. The molecule has 0 fully saturated rings. The molecule has 3 rings (SSSR count). The zero-order valence-corrected chi connectivity index (χ0v) is 14.7. The summed E-state index contributed by atoms with van der Waals surface area (Å²) in [6, 6.07) is 11.5. The van der Waals surface area contributed by atoms with Gasteiger partial charge in [-0.25, -0.2) is 4.99 Å². The molecule has 0 spiro atoms. The van der Waals surface area contributed by atoms with E-state index in [1.165, 1.54) is 6.92 Å². The number of anilines is 1. The number of aliphatic imine (C=N–C) groups is 1. The van der Waals surface area contributed by atoms with E-state index < -0.39 is 18.2 Å². The summed E-state index contributed by atoms with van der Waals surface area (Å²) in [6.45, 7) is 1.27. The summed E-state index contributed by atoms with van der Waals surface area (Å²) >= 11 is 12.5. The molecule has 0 saturated heterocycles. The maximum Gasteiger partial charge on any atom is 0.304 e. The van der Waals surface area contributed by atoms with Crippen LogP contribution in [-0.2, 0) is 14.3 Å². The van der Waals surface area contributed by atoms with Crippen LogP contribution in [0.25, 0.3) is 0 Å². The monoisotopic (exact) mass is 376 g/mol. The lowest BCUT2D eigenvalue weighted by atomic mass is 10.0. The van der Waals surface area contributed by atoms with E-state index in [-0.39, 0.29) is 0 Å². The maximum atomic E-state index is 11.5. The molecule has 25 heavy (non-hydrogen) atoms. The van der Waals surface area contributed by atoms with E-state index in [9.17, 15) is 9.59 Å². The number of hydrogen-bond donors (Lipinski definition) is 1. The van der Waals surface area contributed by atoms with Gasteiger partial charge in [0.1, 0.15) is 12.3 Å². The van der Waals surface area contributed by atoms with Gasteiger partial charge in [0, 0.05) is 33.8 Å². The van der Waals surface area contributed by atoms with Gasteiger partial charge in [0.15, 0.2) is 0 Å². The first-order valence-corrected chi connectivity index (χ1v) is 8.27. The third-order valence-electron chi connectivity index (χ3n) is 3.68. The zero-order valence-electron chi connectivity index (χ0n) is 13.2. The van der Waals surface area contributed by atoms with Crippen LogP contribution >= 0.6 is 23.2 Å². The summed E-state index contributed by atoms with van der Waals surface area (Å²) in [5, 5.41) is 4.04. The summed E-state index contributed by atoms with van der Waals surface area (Å²) in [4.78, 5) is 27.5. The number of benzene rings is 2. The summed E-state index contributed by atoms with van der Waals surface area (Å²) in [6.07, 6.45) is -0.363. The Morgan fingerprint density at radius 3 is 2.64 bits per heavy atom. The predicted molar refractivity (Wildman–Crippen MR) is 97.6 cm³/mol. The van der Waals surface area contributed by atoms with Crippen LogP contribution in [0.4, 0.5) is 5.69 Å². The molecule has 0 radical (unpaired) electrons. The molecule has 2 atom stereocenters. The number of nitrogens with zero attached hydrogens (tertiary/aromatic N) is 1. The molecule has 2 unspecified atom stereocenters. The van der Waals surface area contributed by atoms with E-state index in [0.29, 0.717) is 38.9 Å². The lowest BCUT2D eigenvalue weighted by molar-refractivity contribution is -0.146. The van der Waals surface area contributed by atoms with Crippen molar-refractivity contribution < 1.29 is 14.3 Å². The number of benzodiazepines with no additional fused rings is 1. The minimum atomic E-state index is -1.02. The lowest BCUT2D eigenvalue weighted by Gasteiger charge is -2.19. The number of fused-ring (bicyclic) bond motifs is 1. The molecule has 7 heteroatoms. The Labute approximate surface area is 154 Å². The highest BCUT2D eigenvalue weighted by Crippen LogP contribution is 2.30. The van der Waals surface area contributed by atoms with Gasteiger partial charge in [0.2, 0.25) is 6.23 Å². The fraction of sp³-hybridized carbons (Fsp3) is 0.167. The van der Waals surface area contributed by atoms with Crippen LogP contribution < -0.4 is 5.32 Å². The topological polar surface area (TPSA) is 67.8 Å². The quantitative estimate of drug-likeness (QED) is 0.654. The van der Waals surface area contributed by atoms with E-state index in [2.05, 4.69) is 10.3 Å². The van der Waals surface area contributed by atoms with Crippen molar-refractivity contribution in [2.24, 2.45) is 4.99 Å². The Hall–Kier alpha value is -2.37. The summed E-state index contributed by atoms with van der Waals surface area (Å²) in [5.74, 6) is -0.537. The van der Waals surface area contributed by atoms with Crippen LogP contribution in [0.3, 0.4) is 0 Å². The average Bonchev–Trinajstić information content (AvgIpc) is 2.72. The highest BCUT2D eigenvalue weighted by molar-refractivity contribution is 6.36. The van der Waals surface area contributed by atoms with Gasteiger partial charge >= 0.3 is 5.97 Å². The van der Waals surface area contributed by atoms with Crippen molar-refractivity contribution in [3.05, 3.63) is 63.6 Å². The second-order valence-electron chi connectivity index (χ2n) is 5.45. The van der Waals surface area contributed by atoms with Gasteiger partial charge in [-0.1, -0.05) is 41.4 Å². The van der Waals surface area contributed by atoms with Crippen LogP contribution in [0.1, 0.15) is 18.1 Å². The number of nitrogens with one attached hydrogen (secondary N) is 1. The maximum absolute atomic E-state index is 11.5. The number of carbonyl (C=O) groups is 2. The number of esters is 1. The molecule has 0 amide bonds. The van der Waals surface area contributed by atoms with Crippen LogP contribution in [0.15, 0.2) is 47.5 Å². The van der Waals surface area contributed by atoms with Crippen molar-refractivity contribution in [2.45, 2.75) is 19.2 Å². The molecule has 2 aromatic carbocycles. The summed E-state index contributed by atoms with van der Waals surface area (Å²) in [7, 11) is 0. The molecule has 0 aliphatic carbocycles. The van der Waals surface area contributed by atoms with E-state index in [1.807, 2.05) is 6.07 Å². The number of halogens is 2.